The zero-order chi connectivity index (χ0) is 37.7. The van der Waals surface area contributed by atoms with E-state index in [-0.39, 0.29) is 0 Å². The minimum absolute atomic E-state index is 0.731. The SMILES string of the molecule is CCCCCCCCCCCCCCOc1cccc(-c2ccc(-c3ccc(-c4ccccc4)cc3)cc2)c1OCCCCCCCCCCCCCC. The van der Waals surface area contributed by atoms with Crippen LogP contribution in [0.1, 0.15) is 168 Å². The maximum atomic E-state index is 6.62. The molecule has 0 bridgehead atoms. The predicted octanol–water partition coefficient (Wildman–Crippen LogP) is 16.8. The van der Waals surface area contributed by atoms with Gasteiger partial charge in [0, 0.05) is 5.56 Å². The Morgan fingerprint density at radius 1 is 0.296 bits per heavy atom. The lowest BCUT2D eigenvalue weighted by Gasteiger charge is -2.17. The summed E-state index contributed by atoms with van der Waals surface area (Å²) in [5, 5.41) is 0. The van der Waals surface area contributed by atoms with Gasteiger partial charge in [-0.1, -0.05) is 246 Å². The first kappa shape index (κ1) is 43.2. The van der Waals surface area contributed by atoms with Crippen LogP contribution in [0.2, 0.25) is 0 Å². The standard InChI is InChI=1S/C52H74O2/c1-3-5-7-9-11-13-15-17-19-21-23-28-43-53-51-34-30-33-50(52(51)54-44-29-24-22-20-18-16-14-12-10-8-6-4-2)49-41-39-48(40-42-49)47-37-35-46(36-38-47)45-31-26-25-27-32-45/h25-27,30-42H,3-24,28-29,43-44H2,1-2H3. The minimum Gasteiger partial charge on any atom is -0.490 e. The maximum absolute atomic E-state index is 6.62. The molecule has 2 heteroatoms. The summed E-state index contributed by atoms with van der Waals surface area (Å²) in [6, 6.07) is 34.8. The summed E-state index contributed by atoms with van der Waals surface area (Å²) in [6.45, 7) is 6.06. The van der Waals surface area contributed by atoms with Crippen molar-refractivity contribution >= 4 is 0 Å². The van der Waals surface area contributed by atoms with E-state index in [4.69, 9.17) is 9.47 Å². The fraction of sp³-hybridized carbons (Fsp3) is 0.538. The van der Waals surface area contributed by atoms with Crippen LogP contribution in [0.25, 0.3) is 33.4 Å². The van der Waals surface area contributed by atoms with E-state index >= 15 is 0 Å². The Bertz CT molecular complexity index is 1470. The predicted molar refractivity (Wildman–Crippen MR) is 236 cm³/mol. The number of rotatable bonds is 31. The summed E-state index contributed by atoms with van der Waals surface area (Å²) in [5.41, 5.74) is 7.22. The number of para-hydroxylation sites is 1. The average Bonchev–Trinajstić information content (AvgIpc) is 3.22. The summed E-state index contributed by atoms with van der Waals surface area (Å²) >= 11 is 0. The smallest absolute Gasteiger partial charge is 0.168 e. The van der Waals surface area contributed by atoms with Crippen molar-refractivity contribution in [2.24, 2.45) is 0 Å². The molecule has 0 aromatic heterocycles. The lowest BCUT2D eigenvalue weighted by molar-refractivity contribution is 0.259. The highest BCUT2D eigenvalue weighted by atomic mass is 16.5. The van der Waals surface area contributed by atoms with Crippen molar-refractivity contribution in [2.45, 2.75) is 168 Å². The third-order valence-corrected chi connectivity index (χ3v) is 11.0. The van der Waals surface area contributed by atoms with Gasteiger partial charge in [-0.3, -0.25) is 0 Å². The summed E-state index contributed by atoms with van der Waals surface area (Å²) < 4.78 is 13.1. The van der Waals surface area contributed by atoms with Gasteiger partial charge in [0.05, 0.1) is 13.2 Å². The molecule has 0 saturated carbocycles. The first-order valence-corrected chi connectivity index (χ1v) is 22.4. The summed E-state index contributed by atoms with van der Waals surface area (Å²) in [5.74, 6) is 1.79. The van der Waals surface area contributed by atoms with Gasteiger partial charge in [-0.25, -0.2) is 0 Å². The van der Waals surface area contributed by atoms with Gasteiger partial charge in [0.25, 0.3) is 0 Å². The third-order valence-electron chi connectivity index (χ3n) is 11.0. The second-order valence-electron chi connectivity index (χ2n) is 15.6. The molecular weight excluding hydrogens is 657 g/mol. The number of unbranched alkanes of at least 4 members (excludes halogenated alkanes) is 22. The first-order chi connectivity index (χ1) is 26.8. The van der Waals surface area contributed by atoms with Crippen LogP contribution in [0.4, 0.5) is 0 Å². The number of hydrogen-bond acceptors (Lipinski definition) is 2. The summed E-state index contributed by atoms with van der Waals surface area (Å²) in [7, 11) is 0. The van der Waals surface area contributed by atoms with Crippen LogP contribution in [0.5, 0.6) is 11.5 Å². The van der Waals surface area contributed by atoms with E-state index in [9.17, 15) is 0 Å². The molecular formula is C52H74O2. The largest absolute Gasteiger partial charge is 0.490 e. The quantitative estimate of drug-likeness (QED) is 0.0480. The molecule has 294 valence electrons. The average molecular weight is 731 g/mol. The molecule has 0 heterocycles. The van der Waals surface area contributed by atoms with Crippen LogP contribution in [0.3, 0.4) is 0 Å². The molecule has 0 atom stereocenters. The lowest BCUT2D eigenvalue weighted by Crippen LogP contribution is -2.04. The molecule has 0 aliphatic rings. The van der Waals surface area contributed by atoms with Crippen molar-refractivity contribution in [2.75, 3.05) is 13.2 Å². The second-order valence-corrected chi connectivity index (χ2v) is 15.6. The zero-order valence-corrected chi connectivity index (χ0v) is 34.4. The molecule has 54 heavy (non-hydrogen) atoms. The first-order valence-electron chi connectivity index (χ1n) is 22.4. The Labute approximate surface area is 331 Å². The van der Waals surface area contributed by atoms with Gasteiger partial charge in [-0.05, 0) is 46.7 Å². The van der Waals surface area contributed by atoms with Crippen LogP contribution in [-0.4, -0.2) is 13.2 Å². The highest BCUT2D eigenvalue weighted by Crippen LogP contribution is 2.39. The minimum atomic E-state index is 0.731. The van der Waals surface area contributed by atoms with Crippen molar-refractivity contribution in [3.05, 3.63) is 97.1 Å². The van der Waals surface area contributed by atoms with Crippen molar-refractivity contribution in [3.63, 3.8) is 0 Å². The van der Waals surface area contributed by atoms with Crippen LogP contribution in [0.15, 0.2) is 97.1 Å². The van der Waals surface area contributed by atoms with Gasteiger partial charge in [0.1, 0.15) is 0 Å². The number of ether oxygens (including phenoxy) is 2. The molecule has 0 unspecified atom stereocenters. The molecule has 0 radical (unpaired) electrons. The molecule has 4 aromatic rings. The zero-order valence-electron chi connectivity index (χ0n) is 34.4. The molecule has 0 saturated heterocycles. The monoisotopic (exact) mass is 731 g/mol. The van der Waals surface area contributed by atoms with Crippen LogP contribution in [0, 0.1) is 0 Å². The Hall–Kier alpha value is -3.52. The Morgan fingerprint density at radius 2 is 0.648 bits per heavy atom. The maximum Gasteiger partial charge on any atom is 0.168 e. The molecule has 0 aliphatic carbocycles. The van der Waals surface area contributed by atoms with Gasteiger partial charge < -0.3 is 9.47 Å². The van der Waals surface area contributed by atoms with Crippen molar-refractivity contribution in [1.29, 1.82) is 0 Å². The topological polar surface area (TPSA) is 18.5 Å². The lowest BCUT2D eigenvalue weighted by atomic mass is 9.97. The highest BCUT2D eigenvalue weighted by molar-refractivity contribution is 5.77. The summed E-state index contributed by atoms with van der Waals surface area (Å²) in [6.07, 6.45) is 32.3. The molecule has 0 aliphatic heterocycles. The van der Waals surface area contributed by atoms with E-state index in [0.717, 1.165) is 43.1 Å². The molecule has 0 amide bonds. The van der Waals surface area contributed by atoms with E-state index in [0.29, 0.717) is 0 Å². The Morgan fingerprint density at radius 3 is 1.07 bits per heavy atom. The normalized spacial score (nSPS) is 11.2. The van der Waals surface area contributed by atoms with Gasteiger partial charge in [-0.2, -0.15) is 0 Å². The van der Waals surface area contributed by atoms with Gasteiger partial charge in [-0.15, -0.1) is 0 Å². The number of benzene rings is 4. The molecule has 4 rings (SSSR count). The molecule has 0 spiro atoms. The van der Waals surface area contributed by atoms with Gasteiger partial charge >= 0.3 is 0 Å². The van der Waals surface area contributed by atoms with Gasteiger partial charge in [0.15, 0.2) is 11.5 Å². The Balaban J connectivity index is 1.27. The van der Waals surface area contributed by atoms with E-state index in [1.54, 1.807) is 0 Å². The molecule has 0 fully saturated rings. The Kier molecular flexibility index (Phi) is 22.4. The van der Waals surface area contributed by atoms with Crippen LogP contribution >= 0.6 is 0 Å². The van der Waals surface area contributed by atoms with Crippen LogP contribution < -0.4 is 9.47 Å². The van der Waals surface area contributed by atoms with Crippen molar-refractivity contribution in [3.8, 4) is 44.9 Å². The van der Waals surface area contributed by atoms with Crippen LogP contribution in [-0.2, 0) is 0 Å². The van der Waals surface area contributed by atoms with E-state index in [1.807, 2.05) is 0 Å². The van der Waals surface area contributed by atoms with Crippen molar-refractivity contribution < 1.29 is 9.47 Å². The highest BCUT2D eigenvalue weighted by Gasteiger charge is 2.14. The molecule has 0 N–H and O–H groups in total. The third kappa shape index (κ3) is 16.9. The van der Waals surface area contributed by atoms with E-state index in [2.05, 4.69) is 111 Å². The van der Waals surface area contributed by atoms with Gasteiger partial charge in [0.2, 0.25) is 0 Å². The number of hydrogen-bond donors (Lipinski definition) is 0. The van der Waals surface area contributed by atoms with Crippen molar-refractivity contribution in [1.82, 2.24) is 0 Å². The van der Waals surface area contributed by atoms with E-state index < -0.39 is 0 Å². The molecule has 2 nitrogen and oxygen atoms in total. The fourth-order valence-corrected chi connectivity index (χ4v) is 7.58. The molecule has 4 aromatic carbocycles. The summed E-state index contributed by atoms with van der Waals surface area (Å²) in [4.78, 5) is 0. The van der Waals surface area contributed by atoms with E-state index in [1.165, 1.54) is 169 Å². The fourth-order valence-electron chi connectivity index (χ4n) is 7.58. The second kappa shape index (κ2) is 28.0.